The molecule has 0 spiro atoms. The van der Waals surface area contributed by atoms with Crippen molar-refractivity contribution in [3.05, 3.63) is 63.6 Å². The molecule has 6 nitrogen and oxygen atoms in total. The molecule has 0 bridgehead atoms. The third-order valence-corrected chi connectivity index (χ3v) is 6.65. The number of morpholine rings is 1. The van der Waals surface area contributed by atoms with Crippen LogP contribution in [0.25, 0.3) is 0 Å². The van der Waals surface area contributed by atoms with E-state index >= 15 is 0 Å². The number of ether oxygens (including phenoxy) is 2. The van der Waals surface area contributed by atoms with Gasteiger partial charge >= 0.3 is 5.97 Å². The van der Waals surface area contributed by atoms with Crippen molar-refractivity contribution in [3.8, 4) is 5.75 Å². The summed E-state index contributed by atoms with van der Waals surface area (Å²) in [7, 11) is 0. The molecular weight excluding hydrogens is 439 g/mol. The molecule has 2 aromatic carbocycles. The average Bonchev–Trinajstić information content (AvgIpc) is 3.25. The Bertz CT molecular complexity index is 904. The van der Waals surface area contributed by atoms with Crippen molar-refractivity contribution in [1.29, 1.82) is 0 Å². The number of nitrogens with zero attached hydrogens (tertiary/aromatic N) is 1. The van der Waals surface area contributed by atoms with E-state index in [0.717, 1.165) is 30.6 Å². The van der Waals surface area contributed by atoms with Crippen molar-refractivity contribution in [2.24, 2.45) is 0 Å². The molecule has 166 valence electrons. The van der Waals surface area contributed by atoms with Crippen LogP contribution in [0.4, 0.5) is 0 Å². The zero-order chi connectivity index (χ0) is 22.0. The normalized spacial score (nSPS) is 25.3. The fraction of sp³-hybridized carbons (Fsp3) is 0.435. The molecule has 31 heavy (non-hydrogen) atoms. The molecule has 0 saturated carbocycles. The standard InChI is InChI=1S/C23H26Cl2N2O4/c1-14(21-17(24)3-2-4-18(21)25)31-16-7-5-15(6-8-16)20-13-27(11-12-30-20)19-9-10-26-22(19)23(28)29/h2-8,14,19-20,22,26H,9-13H2,1H3,(H,28,29)/t14?,19?,20?,22-/m0/s1. The van der Waals surface area contributed by atoms with Crippen LogP contribution in [0.5, 0.6) is 5.75 Å². The van der Waals surface area contributed by atoms with Crippen molar-refractivity contribution in [3.63, 3.8) is 0 Å². The lowest BCUT2D eigenvalue weighted by Gasteiger charge is -2.38. The van der Waals surface area contributed by atoms with Gasteiger partial charge < -0.3 is 19.9 Å². The first-order chi connectivity index (χ1) is 14.9. The van der Waals surface area contributed by atoms with E-state index in [-0.39, 0.29) is 18.2 Å². The van der Waals surface area contributed by atoms with E-state index in [1.807, 2.05) is 37.3 Å². The minimum atomic E-state index is -0.792. The monoisotopic (exact) mass is 464 g/mol. The van der Waals surface area contributed by atoms with Crippen molar-refractivity contribution in [2.75, 3.05) is 26.2 Å². The Kier molecular flexibility index (Phi) is 7.04. The van der Waals surface area contributed by atoms with Gasteiger partial charge in [0, 0.05) is 34.7 Å². The molecule has 8 heteroatoms. The Balaban J connectivity index is 1.41. The second-order valence-electron chi connectivity index (χ2n) is 7.94. The Morgan fingerprint density at radius 3 is 2.61 bits per heavy atom. The number of carbonyl (C=O) groups is 1. The quantitative estimate of drug-likeness (QED) is 0.662. The van der Waals surface area contributed by atoms with E-state index in [4.69, 9.17) is 32.7 Å². The molecule has 2 aliphatic rings. The van der Waals surface area contributed by atoms with E-state index in [1.54, 1.807) is 12.1 Å². The number of aliphatic carboxylic acids is 1. The van der Waals surface area contributed by atoms with Crippen LogP contribution in [-0.2, 0) is 9.53 Å². The molecule has 2 N–H and O–H groups in total. The molecule has 4 rings (SSSR count). The van der Waals surface area contributed by atoms with Crippen LogP contribution in [0.3, 0.4) is 0 Å². The van der Waals surface area contributed by atoms with Crippen LogP contribution in [0.2, 0.25) is 10.0 Å². The van der Waals surface area contributed by atoms with Crippen LogP contribution in [0, 0.1) is 0 Å². The molecule has 0 aliphatic carbocycles. The SMILES string of the molecule is CC(Oc1ccc(C2CN(C3CCN[C@@H]3C(=O)O)CCO2)cc1)c1c(Cl)cccc1Cl. The van der Waals surface area contributed by atoms with Crippen molar-refractivity contribution >= 4 is 29.2 Å². The highest BCUT2D eigenvalue weighted by molar-refractivity contribution is 6.36. The largest absolute Gasteiger partial charge is 0.486 e. The number of rotatable bonds is 6. The summed E-state index contributed by atoms with van der Waals surface area (Å²) in [6.45, 7) is 4.63. The number of hydrogen-bond donors (Lipinski definition) is 2. The van der Waals surface area contributed by atoms with Gasteiger partial charge in [-0.1, -0.05) is 41.4 Å². The van der Waals surface area contributed by atoms with Crippen molar-refractivity contribution < 1.29 is 19.4 Å². The second-order valence-corrected chi connectivity index (χ2v) is 8.76. The number of halogens is 2. The van der Waals surface area contributed by atoms with Gasteiger partial charge in [0.2, 0.25) is 0 Å². The third-order valence-electron chi connectivity index (χ3n) is 5.99. The highest BCUT2D eigenvalue weighted by Gasteiger charge is 2.38. The summed E-state index contributed by atoms with van der Waals surface area (Å²) in [5.41, 5.74) is 1.80. The lowest BCUT2D eigenvalue weighted by atomic mass is 10.0. The van der Waals surface area contributed by atoms with Gasteiger partial charge in [-0.25, -0.2) is 0 Å². The predicted molar refractivity (Wildman–Crippen MR) is 120 cm³/mol. The Morgan fingerprint density at radius 2 is 1.94 bits per heavy atom. The minimum Gasteiger partial charge on any atom is -0.486 e. The van der Waals surface area contributed by atoms with Crippen molar-refractivity contribution in [1.82, 2.24) is 10.2 Å². The van der Waals surface area contributed by atoms with E-state index in [1.165, 1.54) is 0 Å². The van der Waals surface area contributed by atoms with Crippen LogP contribution < -0.4 is 10.1 Å². The van der Waals surface area contributed by atoms with Crippen molar-refractivity contribution in [2.45, 2.75) is 37.6 Å². The van der Waals surface area contributed by atoms with Gasteiger partial charge in [0.25, 0.3) is 0 Å². The number of benzene rings is 2. The Morgan fingerprint density at radius 1 is 1.23 bits per heavy atom. The maximum absolute atomic E-state index is 11.5. The highest BCUT2D eigenvalue weighted by atomic mass is 35.5. The van der Waals surface area contributed by atoms with Gasteiger partial charge in [0.15, 0.2) is 0 Å². The number of carboxylic acids is 1. The van der Waals surface area contributed by atoms with E-state index in [9.17, 15) is 9.90 Å². The molecule has 4 atom stereocenters. The Hall–Kier alpha value is -1.83. The summed E-state index contributed by atoms with van der Waals surface area (Å²) in [5.74, 6) is -0.0781. The summed E-state index contributed by atoms with van der Waals surface area (Å²) in [6.07, 6.45) is 0.434. The lowest BCUT2D eigenvalue weighted by molar-refractivity contribution is -0.141. The maximum Gasteiger partial charge on any atom is 0.322 e. The zero-order valence-corrected chi connectivity index (χ0v) is 18.8. The summed E-state index contributed by atoms with van der Waals surface area (Å²) >= 11 is 12.6. The molecule has 2 aliphatic heterocycles. The second kappa shape index (κ2) is 9.76. The Labute approximate surface area is 192 Å². The van der Waals surface area contributed by atoms with Gasteiger partial charge in [-0.05, 0) is 49.7 Å². The smallest absolute Gasteiger partial charge is 0.322 e. The first-order valence-electron chi connectivity index (χ1n) is 10.5. The topological polar surface area (TPSA) is 71.0 Å². The van der Waals surface area contributed by atoms with Gasteiger partial charge in [0.1, 0.15) is 17.9 Å². The first-order valence-corrected chi connectivity index (χ1v) is 11.2. The van der Waals surface area contributed by atoms with Gasteiger partial charge in [-0.15, -0.1) is 0 Å². The summed E-state index contributed by atoms with van der Waals surface area (Å²) in [6, 6.07) is 12.7. The summed E-state index contributed by atoms with van der Waals surface area (Å²) < 4.78 is 12.0. The predicted octanol–water partition coefficient (Wildman–Crippen LogP) is 4.32. The molecule has 2 heterocycles. The van der Waals surface area contributed by atoms with Gasteiger partial charge in [0.05, 0.1) is 12.7 Å². The highest BCUT2D eigenvalue weighted by Crippen LogP contribution is 2.34. The molecule has 3 unspecified atom stereocenters. The molecule has 0 aromatic heterocycles. The average molecular weight is 465 g/mol. The van der Waals surface area contributed by atoms with Crippen LogP contribution in [0.15, 0.2) is 42.5 Å². The molecule has 2 fully saturated rings. The van der Waals surface area contributed by atoms with Crippen LogP contribution >= 0.6 is 23.2 Å². The molecule has 2 saturated heterocycles. The fourth-order valence-electron chi connectivity index (χ4n) is 4.43. The third kappa shape index (κ3) is 4.99. The van der Waals surface area contributed by atoms with E-state index in [2.05, 4.69) is 10.2 Å². The molecule has 0 radical (unpaired) electrons. The number of nitrogens with one attached hydrogen (secondary N) is 1. The molecule has 2 aromatic rings. The van der Waals surface area contributed by atoms with Gasteiger partial charge in [-0.3, -0.25) is 9.69 Å². The summed E-state index contributed by atoms with van der Waals surface area (Å²) in [4.78, 5) is 13.8. The van der Waals surface area contributed by atoms with Crippen LogP contribution in [-0.4, -0.2) is 54.3 Å². The van der Waals surface area contributed by atoms with Crippen LogP contribution in [0.1, 0.15) is 36.7 Å². The summed E-state index contributed by atoms with van der Waals surface area (Å²) in [5, 5.41) is 13.7. The molecular formula is C23H26Cl2N2O4. The number of carboxylic acid groups (broad SMARTS) is 1. The van der Waals surface area contributed by atoms with E-state index in [0.29, 0.717) is 28.9 Å². The number of hydrogen-bond acceptors (Lipinski definition) is 5. The molecule has 0 amide bonds. The minimum absolute atomic E-state index is 0.00674. The van der Waals surface area contributed by atoms with Gasteiger partial charge in [-0.2, -0.15) is 0 Å². The zero-order valence-electron chi connectivity index (χ0n) is 17.3. The lowest BCUT2D eigenvalue weighted by Crippen LogP contribution is -2.52. The first kappa shape index (κ1) is 22.4. The van der Waals surface area contributed by atoms with E-state index < -0.39 is 12.0 Å². The fourth-order valence-corrected chi connectivity index (χ4v) is 5.13. The maximum atomic E-state index is 11.5.